The van der Waals surface area contributed by atoms with E-state index in [4.69, 9.17) is 11.6 Å². The first-order valence-electron chi connectivity index (χ1n) is 8.23. The molecule has 0 saturated carbocycles. The fourth-order valence-electron chi connectivity index (χ4n) is 2.79. The van der Waals surface area contributed by atoms with Gasteiger partial charge in [-0.05, 0) is 36.2 Å². The molecule has 8 nitrogen and oxygen atoms in total. The van der Waals surface area contributed by atoms with Gasteiger partial charge in [-0.3, -0.25) is 25.1 Å². The molecule has 9 heteroatoms. The second kappa shape index (κ2) is 7.24. The van der Waals surface area contributed by atoms with Gasteiger partial charge in [0.15, 0.2) is 0 Å². The van der Waals surface area contributed by atoms with Gasteiger partial charge in [0.05, 0.1) is 10.5 Å². The third-order valence-electron chi connectivity index (χ3n) is 4.21. The van der Waals surface area contributed by atoms with E-state index >= 15 is 0 Å². The Hall–Kier alpha value is -3.13. The van der Waals surface area contributed by atoms with Crippen LogP contribution in [0, 0.1) is 16.0 Å². The number of benzene rings is 2. The van der Waals surface area contributed by atoms with Gasteiger partial charge in [0, 0.05) is 28.4 Å². The number of nitrogens with zero attached hydrogens (tertiary/aromatic N) is 2. The molecule has 1 atom stereocenters. The normalized spacial score (nSPS) is 15.9. The Labute approximate surface area is 160 Å². The highest BCUT2D eigenvalue weighted by Gasteiger charge is 2.35. The maximum atomic E-state index is 12.9. The smallest absolute Gasteiger partial charge is 0.276 e. The minimum atomic E-state index is -0.546. The Morgan fingerprint density at radius 1 is 1.26 bits per heavy atom. The average Bonchev–Trinajstić information content (AvgIpc) is 2.64. The minimum absolute atomic E-state index is 0.00469. The predicted octanol–water partition coefficient (Wildman–Crippen LogP) is 3.44. The molecule has 0 bridgehead atoms. The van der Waals surface area contributed by atoms with E-state index in [2.05, 4.69) is 10.7 Å². The Morgan fingerprint density at radius 3 is 2.52 bits per heavy atom. The second-order valence-electron chi connectivity index (χ2n) is 6.44. The lowest BCUT2D eigenvalue weighted by Crippen LogP contribution is -2.59. The van der Waals surface area contributed by atoms with Gasteiger partial charge in [-0.1, -0.05) is 25.4 Å². The second-order valence-corrected chi connectivity index (χ2v) is 6.88. The van der Waals surface area contributed by atoms with E-state index in [0.29, 0.717) is 16.3 Å². The Kier molecular flexibility index (Phi) is 5.00. The standard InChI is InChI=1S/C18H17ClN4O4/c1-10(2)16-20-15-8-5-12(19)9-14(15)18(25)22(16)21-17(24)11-3-6-13(7-4-11)23(26)27/h3-10,16,20H,1-2H3,(H,21,24). The average molecular weight is 389 g/mol. The Balaban J connectivity index is 1.88. The Morgan fingerprint density at radius 2 is 1.93 bits per heavy atom. The zero-order valence-electron chi connectivity index (χ0n) is 14.6. The van der Waals surface area contributed by atoms with Gasteiger partial charge in [0.25, 0.3) is 17.5 Å². The summed E-state index contributed by atoms with van der Waals surface area (Å²) in [5.41, 5.74) is 3.67. The number of fused-ring (bicyclic) bond motifs is 1. The monoisotopic (exact) mass is 388 g/mol. The van der Waals surface area contributed by atoms with Gasteiger partial charge in [-0.2, -0.15) is 0 Å². The van der Waals surface area contributed by atoms with E-state index in [1.807, 2.05) is 13.8 Å². The minimum Gasteiger partial charge on any atom is -0.363 e. The topological polar surface area (TPSA) is 105 Å². The zero-order chi connectivity index (χ0) is 19.7. The molecular weight excluding hydrogens is 372 g/mol. The van der Waals surface area contributed by atoms with Crippen molar-refractivity contribution in [1.29, 1.82) is 0 Å². The number of hydrogen-bond donors (Lipinski definition) is 2. The summed E-state index contributed by atoms with van der Waals surface area (Å²) in [7, 11) is 0. The summed E-state index contributed by atoms with van der Waals surface area (Å²) < 4.78 is 0. The van der Waals surface area contributed by atoms with Crippen molar-refractivity contribution >= 4 is 34.8 Å². The van der Waals surface area contributed by atoms with Crippen molar-refractivity contribution in [3.8, 4) is 0 Å². The molecule has 2 N–H and O–H groups in total. The van der Waals surface area contributed by atoms with Crippen LogP contribution in [0.25, 0.3) is 0 Å². The van der Waals surface area contributed by atoms with E-state index in [9.17, 15) is 19.7 Å². The number of carbonyl (C=O) groups is 2. The molecule has 27 heavy (non-hydrogen) atoms. The summed E-state index contributed by atoms with van der Waals surface area (Å²) in [6.45, 7) is 3.83. The summed E-state index contributed by atoms with van der Waals surface area (Å²) in [4.78, 5) is 35.7. The van der Waals surface area contributed by atoms with E-state index in [-0.39, 0.29) is 23.1 Å². The molecular formula is C18H17ClN4O4. The number of hydrazine groups is 1. The summed E-state index contributed by atoms with van der Waals surface area (Å²) in [6.07, 6.45) is -0.465. The summed E-state index contributed by atoms with van der Waals surface area (Å²) >= 11 is 5.99. The maximum Gasteiger partial charge on any atom is 0.276 e. The summed E-state index contributed by atoms with van der Waals surface area (Å²) in [6, 6.07) is 10.1. The highest BCUT2D eigenvalue weighted by atomic mass is 35.5. The third-order valence-corrected chi connectivity index (χ3v) is 4.44. The van der Waals surface area contributed by atoms with Gasteiger partial charge in [-0.25, -0.2) is 5.01 Å². The van der Waals surface area contributed by atoms with Gasteiger partial charge in [0.1, 0.15) is 6.17 Å². The van der Waals surface area contributed by atoms with Crippen LogP contribution < -0.4 is 10.7 Å². The van der Waals surface area contributed by atoms with Gasteiger partial charge >= 0.3 is 0 Å². The van der Waals surface area contributed by atoms with Crippen LogP contribution in [0.4, 0.5) is 11.4 Å². The number of nitrogens with one attached hydrogen (secondary N) is 2. The van der Waals surface area contributed by atoms with E-state index in [1.54, 1.807) is 12.1 Å². The number of anilines is 1. The lowest BCUT2D eigenvalue weighted by atomic mass is 10.0. The molecule has 3 rings (SSSR count). The lowest BCUT2D eigenvalue weighted by molar-refractivity contribution is -0.384. The van der Waals surface area contributed by atoms with Crippen LogP contribution in [0.5, 0.6) is 0 Å². The zero-order valence-corrected chi connectivity index (χ0v) is 15.4. The van der Waals surface area contributed by atoms with Crippen molar-refractivity contribution in [2.45, 2.75) is 20.0 Å². The highest BCUT2D eigenvalue weighted by molar-refractivity contribution is 6.31. The number of amides is 2. The fourth-order valence-corrected chi connectivity index (χ4v) is 2.96. The van der Waals surface area contributed by atoms with Crippen LogP contribution in [-0.4, -0.2) is 27.9 Å². The van der Waals surface area contributed by atoms with E-state index < -0.39 is 17.0 Å². The molecule has 0 saturated heterocycles. The molecule has 0 radical (unpaired) electrons. The fraction of sp³-hybridized carbons (Fsp3) is 0.222. The van der Waals surface area contributed by atoms with Crippen LogP contribution in [0.3, 0.4) is 0 Å². The lowest BCUT2D eigenvalue weighted by Gasteiger charge is -2.39. The number of non-ortho nitro benzene ring substituents is 1. The molecule has 0 aliphatic carbocycles. The van der Waals surface area contributed by atoms with Crippen LogP contribution in [0.15, 0.2) is 42.5 Å². The summed E-state index contributed by atoms with van der Waals surface area (Å²) in [5, 5.41) is 15.6. The van der Waals surface area contributed by atoms with Gasteiger partial charge in [0.2, 0.25) is 0 Å². The third kappa shape index (κ3) is 3.70. The number of halogens is 1. The van der Waals surface area contributed by atoms with E-state index in [0.717, 1.165) is 0 Å². The van der Waals surface area contributed by atoms with Gasteiger partial charge < -0.3 is 5.32 Å². The first kappa shape index (κ1) is 18.7. The quantitative estimate of drug-likeness (QED) is 0.616. The van der Waals surface area contributed by atoms with E-state index in [1.165, 1.54) is 35.3 Å². The number of carbonyl (C=O) groups excluding carboxylic acids is 2. The largest absolute Gasteiger partial charge is 0.363 e. The molecule has 1 heterocycles. The highest BCUT2D eigenvalue weighted by Crippen LogP contribution is 2.29. The predicted molar refractivity (Wildman–Crippen MR) is 100 cm³/mol. The van der Waals surface area contributed by atoms with Crippen molar-refractivity contribution in [3.05, 3.63) is 68.7 Å². The molecule has 1 unspecified atom stereocenters. The molecule has 2 aromatic rings. The maximum absolute atomic E-state index is 12.9. The van der Waals surface area contributed by atoms with Crippen molar-refractivity contribution in [3.63, 3.8) is 0 Å². The number of nitro benzene ring substituents is 1. The first-order valence-corrected chi connectivity index (χ1v) is 8.61. The number of nitro groups is 1. The van der Waals surface area contributed by atoms with Crippen molar-refractivity contribution in [2.75, 3.05) is 5.32 Å². The summed E-state index contributed by atoms with van der Waals surface area (Å²) in [5.74, 6) is -0.939. The van der Waals surface area contributed by atoms with Crippen LogP contribution in [-0.2, 0) is 0 Å². The van der Waals surface area contributed by atoms with Crippen LogP contribution >= 0.6 is 11.6 Å². The molecule has 1 aliphatic rings. The van der Waals surface area contributed by atoms with Crippen LogP contribution in [0.1, 0.15) is 34.6 Å². The number of rotatable bonds is 4. The first-order chi connectivity index (χ1) is 12.8. The molecule has 140 valence electrons. The van der Waals surface area contributed by atoms with Crippen LogP contribution in [0.2, 0.25) is 5.02 Å². The Bertz CT molecular complexity index is 914. The van der Waals surface area contributed by atoms with Crippen molar-refractivity contribution in [1.82, 2.24) is 10.4 Å². The molecule has 1 aliphatic heterocycles. The van der Waals surface area contributed by atoms with Crippen molar-refractivity contribution < 1.29 is 14.5 Å². The molecule has 2 amide bonds. The SMILES string of the molecule is CC(C)C1Nc2ccc(Cl)cc2C(=O)N1NC(=O)c1ccc([N+](=O)[O-])cc1. The molecule has 0 fully saturated rings. The molecule has 2 aromatic carbocycles. The number of hydrogen-bond acceptors (Lipinski definition) is 5. The molecule has 0 spiro atoms. The molecule has 0 aromatic heterocycles. The van der Waals surface area contributed by atoms with Gasteiger partial charge in [-0.15, -0.1) is 0 Å². The van der Waals surface area contributed by atoms with Crippen molar-refractivity contribution in [2.24, 2.45) is 5.92 Å².